The number of carbonyl (C=O) groups excluding carboxylic acids is 2. The Hall–Kier alpha value is -3.38. The predicted octanol–water partition coefficient (Wildman–Crippen LogP) is 5.02. The van der Waals surface area contributed by atoms with Crippen molar-refractivity contribution in [2.24, 2.45) is 0 Å². The minimum Gasteiger partial charge on any atom is -0.497 e. The van der Waals surface area contributed by atoms with Crippen LogP contribution in [0, 0.1) is 13.8 Å². The molecule has 0 aliphatic heterocycles. The van der Waals surface area contributed by atoms with Crippen LogP contribution in [0.5, 0.6) is 5.75 Å². The maximum atomic E-state index is 13.1. The van der Waals surface area contributed by atoms with E-state index < -0.39 is 0 Å². The number of carbonyl (C=O) groups is 2. The number of benzene rings is 2. The lowest BCUT2D eigenvalue weighted by molar-refractivity contribution is -0.118. The van der Waals surface area contributed by atoms with E-state index in [1.54, 1.807) is 37.5 Å². The topological polar surface area (TPSA) is 67.4 Å². The zero-order valence-corrected chi connectivity index (χ0v) is 18.9. The summed E-state index contributed by atoms with van der Waals surface area (Å²) in [6.07, 6.45) is 1.69. The van der Waals surface area contributed by atoms with Crippen LogP contribution in [-0.2, 0) is 4.79 Å². The molecule has 2 N–H and O–H groups in total. The van der Waals surface area contributed by atoms with E-state index in [9.17, 15) is 9.59 Å². The minimum atomic E-state index is -0.362. The van der Waals surface area contributed by atoms with E-state index in [1.165, 1.54) is 22.5 Å². The lowest BCUT2D eigenvalue weighted by Crippen LogP contribution is -2.36. The van der Waals surface area contributed by atoms with Crippen molar-refractivity contribution in [2.75, 3.05) is 7.11 Å². The minimum absolute atomic E-state index is 0.193. The highest BCUT2D eigenvalue weighted by atomic mass is 32.1. The summed E-state index contributed by atoms with van der Waals surface area (Å²) < 4.78 is 5.13. The highest BCUT2D eigenvalue weighted by molar-refractivity contribution is 7.10. The summed E-state index contributed by atoms with van der Waals surface area (Å²) in [5, 5.41) is 7.68. The first-order valence-electron chi connectivity index (χ1n) is 9.96. The molecule has 3 aromatic rings. The van der Waals surface area contributed by atoms with Gasteiger partial charge >= 0.3 is 0 Å². The summed E-state index contributed by atoms with van der Waals surface area (Å²) in [5.41, 5.74) is 4.01. The van der Waals surface area contributed by atoms with Gasteiger partial charge in [-0.1, -0.05) is 24.3 Å². The molecule has 1 heterocycles. The molecular formula is C25H26N2O3S. The summed E-state index contributed by atoms with van der Waals surface area (Å²) in [4.78, 5) is 26.7. The van der Waals surface area contributed by atoms with Crippen molar-refractivity contribution >= 4 is 29.2 Å². The van der Waals surface area contributed by atoms with Gasteiger partial charge in [0.15, 0.2) is 0 Å². The molecule has 0 aliphatic carbocycles. The Balaban J connectivity index is 1.80. The molecule has 0 spiro atoms. The van der Waals surface area contributed by atoms with Crippen molar-refractivity contribution in [3.63, 3.8) is 0 Å². The molecule has 5 nitrogen and oxygen atoms in total. The molecule has 1 aromatic heterocycles. The summed E-state index contributed by atoms with van der Waals surface area (Å²) in [5.74, 6) is -0.0497. The third-order valence-electron chi connectivity index (χ3n) is 5.05. The van der Waals surface area contributed by atoms with Crippen molar-refractivity contribution in [3.05, 3.63) is 92.8 Å². The Bertz CT molecular complexity index is 1090. The number of rotatable bonds is 7. The maximum Gasteiger partial charge on any atom is 0.268 e. The van der Waals surface area contributed by atoms with E-state index in [4.69, 9.17) is 4.74 Å². The lowest BCUT2D eigenvalue weighted by atomic mass is 10.0. The smallest absolute Gasteiger partial charge is 0.268 e. The highest BCUT2D eigenvalue weighted by Crippen LogP contribution is 2.19. The number of hydrogen-bond donors (Lipinski definition) is 2. The van der Waals surface area contributed by atoms with Crippen LogP contribution in [0.1, 0.15) is 44.9 Å². The van der Waals surface area contributed by atoms with Crippen LogP contribution in [0.25, 0.3) is 6.08 Å². The first-order chi connectivity index (χ1) is 14.9. The number of hydrogen-bond acceptors (Lipinski definition) is 4. The first kappa shape index (κ1) is 22.3. The van der Waals surface area contributed by atoms with Gasteiger partial charge in [-0.3, -0.25) is 9.59 Å². The average molecular weight is 435 g/mol. The number of thiophene rings is 1. The number of nitrogens with one attached hydrogen (secondary N) is 2. The average Bonchev–Trinajstić information content (AvgIpc) is 3.28. The number of methoxy groups -OCH3 is 1. The van der Waals surface area contributed by atoms with Crippen LogP contribution >= 0.6 is 11.3 Å². The van der Waals surface area contributed by atoms with Crippen LogP contribution in [0.15, 0.2) is 65.7 Å². The molecule has 6 heteroatoms. The number of aryl methyl sites for hydroxylation is 2. The van der Waals surface area contributed by atoms with E-state index in [-0.39, 0.29) is 23.6 Å². The standard InChI is InChI=1S/C25H26N2O3S/c1-16-7-8-20(14-17(16)2)18(3)26-25(29)23(15-22-6-5-13-31-22)27-24(28)19-9-11-21(30-4)12-10-19/h5-15,18H,1-4H3,(H,26,29)(H,27,28)/b23-15-. The Morgan fingerprint density at radius 1 is 1.03 bits per heavy atom. The molecule has 0 fully saturated rings. The molecule has 31 heavy (non-hydrogen) atoms. The van der Waals surface area contributed by atoms with Gasteiger partial charge in [-0.25, -0.2) is 0 Å². The SMILES string of the molecule is COc1ccc(C(=O)N/C(=C\c2cccs2)C(=O)NC(C)c2ccc(C)c(C)c2)cc1. The zero-order chi connectivity index (χ0) is 22.4. The van der Waals surface area contributed by atoms with E-state index in [2.05, 4.69) is 23.6 Å². The Kier molecular flexibility index (Phi) is 7.26. The molecule has 2 aromatic carbocycles. The van der Waals surface area contributed by atoms with Crippen molar-refractivity contribution in [1.82, 2.24) is 10.6 Å². The fraction of sp³-hybridized carbons (Fsp3) is 0.200. The molecular weight excluding hydrogens is 408 g/mol. The molecule has 2 amide bonds. The molecule has 0 bridgehead atoms. The summed E-state index contributed by atoms with van der Waals surface area (Å²) in [6, 6.07) is 16.4. The van der Waals surface area contributed by atoms with Crippen molar-refractivity contribution in [2.45, 2.75) is 26.8 Å². The zero-order valence-electron chi connectivity index (χ0n) is 18.1. The number of amides is 2. The predicted molar refractivity (Wildman–Crippen MR) is 125 cm³/mol. The summed E-state index contributed by atoms with van der Waals surface area (Å²) in [7, 11) is 1.57. The van der Waals surface area contributed by atoms with Crippen LogP contribution in [0.2, 0.25) is 0 Å². The first-order valence-corrected chi connectivity index (χ1v) is 10.8. The van der Waals surface area contributed by atoms with Crippen LogP contribution < -0.4 is 15.4 Å². The van der Waals surface area contributed by atoms with Crippen LogP contribution in [-0.4, -0.2) is 18.9 Å². The van der Waals surface area contributed by atoms with Gasteiger partial charge in [-0.2, -0.15) is 0 Å². The van der Waals surface area contributed by atoms with Crippen molar-refractivity contribution in [3.8, 4) is 5.75 Å². The van der Waals surface area contributed by atoms with E-state index in [0.717, 1.165) is 10.4 Å². The third kappa shape index (κ3) is 5.83. The van der Waals surface area contributed by atoms with Gasteiger partial charge in [0.1, 0.15) is 11.4 Å². The molecule has 160 valence electrons. The monoisotopic (exact) mass is 434 g/mol. The molecule has 0 aliphatic rings. The molecule has 3 rings (SSSR count). The van der Waals surface area contributed by atoms with E-state index in [0.29, 0.717) is 11.3 Å². The van der Waals surface area contributed by atoms with Gasteiger partial charge in [0.25, 0.3) is 11.8 Å². The summed E-state index contributed by atoms with van der Waals surface area (Å²) >= 11 is 1.49. The molecule has 0 saturated heterocycles. The van der Waals surface area contributed by atoms with E-state index in [1.807, 2.05) is 43.5 Å². The normalized spacial score (nSPS) is 12.2. The Morgan fingerprint density at radius 2 is 1.77 bits per heavy atom. The maximum absolute atomic E-state index is 13.1. The van der Waals surface area contributed by atoms with Crippen LogP contribution in [0.4, 0.5) is 0 Å². The highest BCUT2D eigenvalue weighted by Gasteiger charge is 2.18. The van der Waals surface area contributed by atoms with Gasteiger partial charge in [-0.05, 0) is 79.2 Å². The van der Waals surface area contributed by atoms with Crippen LogP contribution in [0.3, 0.4) is 0 Å². The van der Waals surface area contributed by atoms with Gasteiger partial charge < -0.3 is 15.4 Å². The fourth-order valence-corrected chi connectivity index (χ4v) is 3.66. The molecule has 1 atom stereocenters. The molecule has 0 radical (unpaired) electrons. The van der Waals surface area contributed by atoms with Gasteiger partial charge in [0.2, 0.25) is 0 Å². The quantitative estimate of drug-likeness (QED) is 0.513. The molecule has 1 unspecified atom stereocenters. The Labute approximate surface area is 186 Å². The summed E-state index contributed by atoms with van der Waals surface area (Å²) in [6.45, 7) is 6.03. The Morgan fingerprint density at radius 3 is 2.39 bits per heavy atom. The largest absolute Gasteiger partial charge is 0.497 e. The van der Waals surface area contributed by atoms with Gasteiger partial charge in [-0.15, -0.1) is 11.3 Å². The van der Waals surface area contributed by atoms with Crippen molar-refractivity contribution < 1.29 is 14.3 Å². The van der Waals surface area contributed by atoms with Gasteiger partial charge in [0, 0.05) is 10.4 Å². The third-order valence-corrected chi connectivity index (χ3v) is 5.87. The lowest BCUT2D eigenvalue weighted by Gasteiger charge is -2.17. The second kappa shape index (κ2) is 10.1. The number of ether oxygens (including phenoxy) is 1. The van der Waals surface area contributed by atoms with Gasteiger partial charge in [0.05, 0.1) is 13.2 Å². The van der Waals surface area contributed by atoms with E-state index >= 15 is 0 Å². The van der Waals surface area contributed by atoms with Crippen molar-refractivity contribution in [1.29, 1.82) is 0 Å². The fourth-order valence-electron chi connectivity index (χ4n) is 3.00. The second-order valence-corrected chi connectivity index (χ2v) is 8.27. The molecule has 0 saturated carbocycles. The second-order valence-electron chi connectivity index (χ2n) is 7.29.